The van der Waals surface area contributed by atoms with Crippen LogP contribution in [0.5, 0.6) is 0 Å². The number of nitrogens with one attached hydrogen (secondary N) is 1. The van der Waals surface area contributed by atoms with Gasteiger partial charge in [0.25, 0.3) is 0 Å². The van der Waals surface area contributed by atoms with Gasteiger partial charge in [0, 0.05) is 6.54 Å². The maximum absolute atomic E-state index is 5.94. The Labute approximate surface area is 83.1 Å². The average molecular weight is 200 g/mol. The second-order valence-corrected chi connectivity index (χ2v) is 3.94. The van der Waals surface area contributed by atoms with Crippen molar-refractivity contribution in [2.45, 2.75) is 19.4 Å². The largest absolute Gasteiger partial charge is 0.316 e. The van der Waals surface area contributed by atoms with Crippen molar-refractivity contribution in [1.29, 1.82) is 0 Å². The summed E-state index contributed by atoms with van der Waals surface area (Å²) in [6, 6.07) is 1.83. The Balaban J connectivity index is 1.93. The molecule has 2 heterocycles. The summed E-state index contributed by atoms with van der Waals surface area (Å²) < 4.78 is 1.87. The molecule has 1 aromatic heterocycles. The van der Waals surface area contributed by atoms with Crippen molar-refractivity contribution in [2.24, 2.45) is 5.92 Å². The van der Waals surface area contributed by atoms with Crippen LogP contribution in [0.25, 0.3) is 0 Å². The first-order valence-corrected chi connectivity index (χ1v) is 5.12. The normalized spacial score (nSPS) is 23.3. The molecule has 4 heteroatoms. The minimum absolute atomic E-state index is 0.686. The van der Waals surface area contributed by atoms with Crippen molar-refractivity contribution >= 4 is 11.6 Å². The summed E-state index contributed by atoms with van der Waals surface area (Å²) in [5, 5.41) is 8.29. The third kappa shape index (κ3) is 2.23. The number of aromatic nitrogens is 2. The van der Waals surface area contributed by atoms with E-state index in [0.29, 0.717) is 5.92 Å². The third-order valence-electron chi connectivity index (χ3n) is 2.49. The van der Waals surface area contributed by atoms with Gasteiger partial charge < -0.3 is 5.32 Å². The van der Waals surface area contributed by atoms with E-state index in [9.17, 15) is 0 Å². The Bertz CT molecular complexity index is 266. The van der Waals surface area contributed by atoms with E-state index < -0.39 is 0 Å². The van der Waals surface area contributed by atoms with Crippen LogP contribution >= 0.6 is 11.6 Å². The molecule has 2 rings (SSSR count). The van der Waals surface area contributed by atoms with E-state index in [1.807, 2.05) is 10.7 Å². The van der Waals surface area contributed by atoms with Crippen LogP contribution in [0.4, 0.5) is 0 Å². The molecule has 0 spiro atoms. The molecule has 1 saturated heterocycles. The van der Waals surface area contributed by atoms with Crippen LogP contribution in [0.3, 0.4) is 0 Å². The molecule has 0 bridgehead atoms. The molecule has 0 aliphatic carbocycles. The zero-order valence-electron chi connectivity index (χ0n) is 7.54. The van der Waals surface area contributed by atoms with Crippen molar-refractivity contribution in [3.05, 3.63) is 17.4 Å². The fourth-order valence-corrected chi connectivity index (χ4v) is 1.94. The second kappa shape index (κ2) is 4.11. The number of hydrogen-bond acceptors (Lipinski definition) is 2. The maximum Gasteiger partial charge on any atom is 0.127 e. The van der Waals surface area contributed by atoms with E-state index in [1.165, 1.54) is 12.8 Å². The molecule has 1 fully saturated rings. The molecule has 1 aliphatic heterocycles. The molecule has 72 valence electrons. The minimum atomic E-state index is 0.686. The van der Waals surface area contributed by atoms with Crippen molar-refractivity contribution in [1.82, 2.24) is 15.1 Å². The topological polar surface area (TPSA) is 29.9 Å². The summed E-state index contributed by atoms with van der Waals surface area (Å²) in [5.74, 6) is 0.686. The van der Waals surface area contributed by atoms with Gasteiger partial charge in [0.2, 0.25) is 0 Å². The molecule has 1 aromatic rings. The van der Waals surface area contributed by atoms with Crippen LogP contribution in [-0.2, 0) is 6.54 Å². The van der Waals surface area contributed by atoms with Crippen LogP contribution in [0.15, 0.2) is 12.3 Å². The number of piperidine rings is 1. The third-order valence-corrected chi connectivity index (χ3v) is 2.82. The van der Waals surface area contributed by atoms with E-state index >= 15 is 0 Å². The van der Waals surface area contributed by atoms with Crippen LogP contribution < -0.4 is 5.32 Å². The first-order valence-electron chi connectivity index (χ1n) is 4.74. The predicted molar refractivity (Wildman–Crippen MR) is 52.8 cm³/mol. The molecule has 1 N–H and O–H groups in total. The highest BCUT2D eigenvalue weighted by molar-refractivity contribution is 6.29. The molecule has 0 saturated carbocycles. The second-order valence-electron chi connectivity index (χ2n) is 3.55. The Morgan fingerprint density at radius 1 is 1.69 bits per heavy atom. The zero-order chi connectivity index (χ0) is 9.10. The van der Waals surface area contributed by atoms with Gasteiger partial charge in [-0.3, -0.25) is 4.68 Å². The number of hydrogen-bond donors (Lipinski definition) is 1. The first kappa shape index (κ1) is 9.03. The summed E-state index contributed by atoms with van der Waals surface area (Å²) in [5.41, 5.74) is 0. The van der Waals surface area contributed by atoms with Crippen molar-refractivity contribution in [3.8, 4) is 0 Å². The van der Waals surface area contributed by atoms with Gasteiger partial charge in [-0.2, -0.15) is 5.10 Å². The predicted octanol–water partition coefficient (Wildman–Crippen LogP) is 1.54. The lowest BCUT2D eigenvalue weighted by Gasteiger charge is -2.22. The fourth-order valence-electron chi connectivity index (χ4n) is 1.78. The first-order chi connectivity index (χ1) is 6.36. The Morgan fingerprint density at radius 3 is 3.23 bits per heavy atom. The standard InChI is InChI=1S/C9H14ClN3/c10-9-3-5-12-13(9)7-8-2-1-4-11-6-8/h3,5,8,11H,1-2,4,6-7H2. The lowest BCUT2D eigenvalue weighted by molar-refractivity contribution is 0.325. The van der Waals surface area contributed by atoms with Gasteiger partial charge in [0.1, 0.15) is 5.15 Å². The van der Waals surface area contributed by atoms with Crippen LogP contribution in [0, 0.1) is 5.92 Å². The van der Waals surface area contributed by atoms with Gasteiger partial charge in [0.15, 0.2) is 0 Å². The number of nitrogens with zero attached hydrogens (tertiary/aromatic N) is 2. The van der Waals surface area contributed by atoms with E-state index in [1.54, 1.807) is 6.20 Å². The SMILES string of the molecule is Clc1ccnn1CC1CCCNC1. The van der Waals surface area contributed by atoms with Crippen LogP contribution in [0.1, 0.15) is 12.8 Å². The quantitative estimate of drug-likeness (QED) is 0.783. The highest BCUT2D eigenvalue weighted by Crippen LogP contribution is 2.15. The van der Waals surface area contributed by atoms with E-state index in [4.69, 9.17) is 11.6 Å². The summed E-state index contributed by atoms with van der Waals surface area (Å²) in [6.07, 6.45) is 4.30. The van der Waals surface area contributed by atoms with Crippen molar-refractivity contribution < 1.29 is 0 Å². The molecular weight excluding hydrogens is 186 g/mol. The van der Waals surface area contributed by atoms with Gasteiger partial charge in [-0.05, 0) is 37.9 Å². The van der Waals surface area contributed by atoms with Gasteiger partial charge in [-0.25, -0.2) is 0 Å². The smallest absolute Gasteiger partial charge is 0.127 e. The molecule has 1 unspecified atom stereocenters. The zero-order valence-corrected chi connectivity index (χ0v) is 8.30. The molecule has 13 heavy (non-hydrogen) atoms. The Hall–Kier alpha value is -0.540. The van der Waals surface area contributed by atoms with E-state index in [0.717, 1.165) is 24.8 Å². The van der Waals surface area contributed by atoms with Gasteiger partial charge >= 0.3 is 0 Å². The summed E-state index contributed by atoms with van der Waals surface area (Å²) in [4.78, 5) is 0. The molecule has 3 nitrogen and oxygen atoms in total. The Kier molecular flexibility index (Phi) is 2.86. The summed E-state index contributed by atoms with van der Waals surface area (Å²) in [6.45, 7) is 3.19. The summed E-state index contributed by atoms with van der Waals surface area (Å²) in [7, 11) is 0. The lowest BCUT2D eigenvalue weighted by Crippen LogP contribution is -2.32. The molecule has 0 amide bonds. The van der Waals surface area contributed by atoms with Gasteiger partial charge in [0.05, 0.1) is 6.20 Å². The van der Waals surface area contributed by atoms with E-state index in [-0.39, 0.29) is 0 Å². The van der Waals surface area contributed by atoms with Crippen LogP contribution in [0.2, 0.25) is 5.15 Å². The number of halogens is 1. The maximum atomic E-state index is 5.94. The number of rotatable bonds is 2. The molecule has 0 aromatic carbocycles. The fraction of sp³-hybridized carbons (Fsp3) is 0.667. The molecule has 1 atom stereocenters. The van der Waals surface area contributed by atoms with E-state index in [2.05, 4.69) is 10.4 Å². The van der Waals surface area contributed by atoms with Gasteiger partial charge in [-0.15, -0.1) is 0 Å². The lowest BCUT2D eigenvalue weighted by atomic mass is 10.00. The van der Waals surface area contributed by atoms with Crippen LogP contribution in [-0.4, -0.2) is 22.9 Å². The monoisotopic (exact) mass is 199 g/mol. The summed E-state index contributed by atoms with van der Waals surface area (Å²) >= 11 is 5.94. The average Bonchev–Trinajstić information content (AvgIpc) is 2.54. The highest BCUT2D eigenvalue weighted by Gasteiger charge is 2.14. The van der Waals surface area contributed by atoms with Gasteiger partial charge in [-0.1, -0.05) is 11.6 Å². The van der Waals surface area contributed by atoms with Crippen molar-refractivity contribution in [2.75, 3.05) is 13.1 Å². The Morgan fingerprint density at radius 2 is 2.62 bits per heavy atom. The minimum Gasteiger partial charge on any atom is -0.316 e. The molecule has 1 aliphatic rings. The highest BCUT2D eigenvalue weighted by atomic mass is 35.5. The molecule has 0 radical (unpaired) electrons. The van der Waals surface area contributed by atoms with Crippen molar-refractivity contribution in [3.63, 3.8) is 0 Å². The molecular formula is C9H14ClN3.